The van der Waals surface area contributed by atoms with Gasteiger partial charge in [0, 0.05) is 23.7 Å². The van der Waals surface area contributed by atoms with Crippen molar-refractivity contribution < 1.29 is 0 Å². The van der Waals surface area contributed by atoms with Crippen LogP contribution in [0, 0.1) is 17.8 Å². The van der Waals surface area contributed by atoms with Gasteiger partial charge in [-0.05, 0) is 43.1 Å². The van der Waals surface area contributed by atoms with E-state index in [1.54, 1.807) is 6.34 Å². The maximum absolute atomic E-state index is 4.22. The molecule has 3 nitrogen and oxygen atoms in total. The first-order valence-electron chi connectivity index (χ1n) is 6.52. The first-order valence-corrected chi connectivity index (χ1v) is 6.52. The molecule has 92 valence electrons. The zero-order valence-electron chi connectivity index (χ0n) is 10.4. The van der Waals surface area contributed by atoms with Gasteiger partial charge in [0.25, 0.3) is 0 Å². The van der Waals surface area contributed by atoms with E-state index in [9.17, 15) is 0 Å². The Kier molecular flexibility index (Phi) is 3.29. The van der Waals surface area contributed by atoms with Crippen molar-refractivity contribution in [1.82, 2.24) is 5.32 Å². The molecule has 18 heavy (non-hydrogen) atoms. The van der Waals surface area contributed by atoms with Crippen LogP contribution >= 0.6 is 0 Å². The minimum Gasteiger partial charge on any atom is -0.346 e. The first kappa shape index (κ1) is 11.3. The van der Waals surface area contributed by atoms with Gasteiger partial charge in [-0.25, -0.2) is 0 Å². The van der Waals surface area contributed by atoms with Gasteiger partial charge >= 0.3 is 0 Å². The molecule has 1 saturated heterocycles. The Labute approximate surface area is 108 Å². The molecule has 0 aromatic heterocycles. The molecule has 3 rings (SSSR count). The molecular formula is C15H17N3. The summed E-state index contributed by atoms with van der Waals surface area (Å²) in [5.41, 5.74) is 3.47. The second-order valence-corrected chi connectivity index (χ2v) is 4.80. The number of nitrogens with one attached hydrogen (secondary N) is 2. The van der Waals surface area contributed by atoms with E-state index < -0.39 is 0 Å². The highest BCUT2D eigenvalue weighted by molar-refractivity contribution is 5.79. The highest BCUT2D eigenvalue weighted by Gasteiger charge is 2.09. The van der Waals surface area contributed by atoms with Crippen LogP contribution in [0.15, 0.2) is 23.2 Å². The summed E-state index contributed by atoms with van der Waals surface area (Å²) in [6.45, 7) is 2.92. The van der Waals surface area contributed by atoms with Gasteiger partial charge in [-0.15, -0.1) is 0 Å². The largest absolute Gasteiger partial charge is 0.346 e. The van der Waals surface area contributed by atoms with Crippen LogP contribution in [0.5, 0.6) is 0 Å². The summed E-state index contributed by atoms with van der Waals surface area (Å²) in [5, 5.41) is 6.53. The lowest BCUT2D eigenvalue weighted by molar-refractivity contribution is 0.449. The number of aliphatic imine (C=N–C) groups is 1. The molecule has 1 aromatic carbocycles. The number of benzene rings is 1. The number of hydrogen-bond acceptors (Lipinski definition) is 3. The van der Waals surface area contributed by atoms with Crippen LogP contribution in [-0.2, 0) is 6.54 Å². The van der Waals surface area contributed by atoms with Gasteiger partial charge in [-0.2, -0.15) is 0 Å². The summed E-state index contributed by atoms with van der Waals surface area (Å²) in [7, 11) is 0. The number of hydrogen-bond donors (Lipinski definition) is 2. The molecule has 0 amide bonds. The third-order valence-corrected chi connectivity index (χ3v) is 3.40. The van der Waals surface area contributed by atoms with Gasteiger partial charge in [0.15, 0.2) is 0 Å². The molecule has 2 N–H and O–H groups in total. The molecule has 1 unspecified atom stereocenters. The van der Waals surface area contributed by atoms with Crippen LogP contribution in [0.1, 0.15) is 24.0 Å². The zero-order valence-corrected chi connectivity index (χ0v) is 10.4. The number of anilines is 1. The average molecular weight is 239 g/mol. The predicted molar refractivity (Wildman–Crippen MR) is 74.7 cm³/mol. The van der Waals surface area contributed by atoms with E-state index in [1.807, 2.05) is 0 Å². The number of piperidine rings is 1. The van der Waals surface area contributed by atoms with Crippen molar-refractivity contribution in [3.63, 3.8) is 0 Å². The van der Waals surface area contributed by atoms with E-state index in [4.69, 9.17) is 0 Å². The molecule has 1 aromatic rings. The molecule has 0 saturated carbocycles. The normalized spacial score (nSPS) is 21.4. The predicted octanol–water partition coefficient (Wildman–Crippen LogP) is 1.99. The van der Waals surface area contributed by atoms with Crippen LogP contribution in [0.25, 0.3) is 0 Å². The lowest BCUT2D eigenvalue weighted by Crippen LogP contribution is -2.28. The zero-order chi connectivity index (χ0) is 12.2. The fraction of sp³-hybridized carbons (Fsp3) is 0.400. The molecule has 1 fully saturated rings. The quantitative estimate of drug-likeness (QED) is 0.679. The van der Waals surface area contributed by atoms with Gasteiger partial charge in [0.05, 0.1) is 12.9 Å². The standard InChI is InChI=1S/C15H17N3/c1-2-13(9-16-7-1)4-3-12-5-6-15-14(8-12)10-17-11-18-15/h5-6,8,11,13,16H,1-2,7,9-10H2,(H,17,18). The van der Waals surface area contributed by atoms with E-state index >= 15 is 0 Å². The molecule has 0 spiro atoms. The summed E-state index contributed by atoms with van der Waals surface area (Å²) in [4.78, 5) is 4.22. The Morgan fingerprint density at radius 1 is 1.33 bits per heavy atom. The second kappa shape index (κ2) is 5.24. The monoisotopic (exact) mass is 239 g/mol. The van der Waals surface area contributed by atoms with Gasteiger partial charge in [-0.3, -0.25) is 4.99 Å². The van der Waals surface area contributed by atoms with Crippen molar-refractivity contribution in [1.29, 1.82) is 0 Å². The van der Waals surface area contributed by atoms with Gasteiger partial charge in [-0.1, -0.05) is 11.8 Å². The van der Waals surface area contributed by atoms with Crippen molar-refractivity contribution in [3.05, 3.63) is 29.3 Å². The molecule has 2 aliphatic heterocycles. The SMILES string of the molecule is C(#CC1CCCNC1)c1ccc2c(c1)CN=CN2. The summed E-state index contributed by atoms with van der Waals surface area (Å²) in [5.74, 6) is 7.17. The Balaban J connectivity index is 1.75. The third kappa shape index (κ3) is 2.55. The summed E-state index contributed by atoms with van der Waals surface area (Å²) >= 11 is 0. The van der Waals surface area contributed by atoms with Crippen LogP contribution in [-0.4, -0.2) is 19.4 Å². The topological polar surface area (TPSA) is 36.4 Å². The Bertz CT molecular complexity index is 516. The van der Waals surface area contributed by atoms with Crippen LogP contribution in [0.3, 0.4) is 0 Å². The van der Waals surface area contributed by atoms with Crippen molar-refractivity contribution in [3.8, 4) is 11.8 Å². The van der Waals surface area contributed by atoms with Gasteiger partial charge in [0.2, 0.25) is 0 Å². The fourth-order valence-corrected chi connectivity index (χ4v) is 2.36. The summed E-state index contributed by atoms with van der Waals surface area (Å²) in [6.07, 6.45) is 4.21. The van der Waals surface area contributed by atoms with Crippen LogP contribution in [0.4, 0.5) is 5.69 Å². The minimum absolute atomic E-state index is 0.505. The molecular weight excluding hydrogens is 222 g/mol. The van der Waals surface area contributed by atoms with E-state index in [1.165, 1.54) is 18.4 Å². The molecule has 0 aliphatic carbocycles. The summed E-state index contributed by atoms with van der Waals surface area (Å²) in [6, 6.07) is 6.31. The summed E-state index contributed by atoms with van der Waals surface area (Å²) < 4.78 is 0. The van der Waals surface area contributed by atoms with Crippen LogP contribution < -0.4 is 10.6 Å². The molecule has 2 heterocycles. The first-order chi connectivity index (χ1) is 8.92. The highest BCUT2D eigenvalue weighted by atomic mass is 15.0. The lowest BCUT2D eigenvalue weighted by Gasteiger charge is -2.17. The smallest absolute Gasteiger partial charge is 0.0872 e. The Morgan fingerprint density at radius 3 is 3.22 bits per heavy atom. The Hall–Kier alpha value is -1.79. The van der Waals surface area contributed by atoms with Crippen molar-refractivity contribution in [2.75, 3.05) is 18.4 Å². The third-order valence-electron chi connectivity index (χ3n) is 3.40. The van der Waals surface area contributed by atoms with Gasteiger partial charge < -0.3 is 10.6 Å². The number of rotatable bonds is 0. The molecule has 1 atom stereocenters. The van der Waals surface area contributed by atoms with E-state index in [2.05, 4.69) is 45.7 Å². The fourth-order valence-electron chi connectivity index (χ4n) is 2.36. The average Bonchev–Trinajstić information content (AvgIpc) is 2.46. The van der Waals surface area contributed by atoms with Gasteiger partial charge in [0.1, 0.15) is 0 Å². The molecule has 2 aliphatic rings. The maximum atomic E-state index is 4.22. The van der Waals surface area contributed by atoms with E-state index in [0.29, 0.717) is 5.92 Å². The maximum Gasteiger partial charge on any atom is 0.0872 e. The highest BCUT2D eigenvalue weighted by Crippen LogP contribution is 2.20. The minimum atomic E-state index is 0.505. The van der Waals surface area contributed by atoms with E-state index in [-0.39, 0.29) is 0 Å². The molecule has 0 radical (unpaired) electrons. The van der Waals surface area contributed by atoms with Crippen molar-refractivity contribution >= 4 is 12.0 Å². The van der Waals surface area contributed by atoms with Crippen molar-refractivity contribution in [2.24, 2.45) is 10.9 Å². The Morgan fingerprint density at radius 2 is 2.33 bits per heavy atom. The van der Waals surface area contributed by atoms with Crippen molar-refractivity contribution in [2.45, 2.75) is 19.4 Å². The second-order valence-electron chi connectivity index (χ2n) is 4.80. The molecule has 3 heteroatoms. The number of nitrogens with zero attached hydrogens (tertiary/aromatic N) is 1. The number of fused-ring (bicyclic) bond motifs is 1. The van der Waals surface area contributed by atoms with E-state index in [0.717, 1.165) is 30.9 Å². The molecule has 0 bridgehead atoms. The van der Waals surface area contributed by atoms with Crippen LogP contribution in [0.2, 0.25) is 0 Å². The lowest BCUT2D eigenvalue weighted by atomic mass is 9.99.